The molecule has 3 heteroatoms. The number of hydrogen-bond donors (Lipinski definition) is 1. The molecular formula is C16H21N3. The molecule has 1 aliphatic rings. The van der Waals surface area contributed by atoms with Gasteiger partial charge in [0.2, 0.25) is 0 Å². The molecule has 1 aromatic heterocycles. The van der Waals surface area contributed by atoms with Crippen molar-refractivity contribution in [3.05, 3.63) is 46.8 Å². The quantitative estimate of drug-likeness (QED) is 0.913. The fourth-order valence-electron chi connectivity index (χ4n) is 2.67. The van der Waals surface area contributed by atoms with Crippen LogP contribution in [0.5, 0.6) is 0 Å². The summed E-state index contributed by atoms with van der Waals surface area (Å²) in [6.45, 7) is 4.93. The van der Waals surface area contributed by atoms with Crippen LogP contribution < -0.4 is 5.73 Å². The predicted molar refractivity (Wildman–Crippen MR) is 77.8 cm³/mol. The summed E-state index contributed by atoms with van der Waals surface area (Å²) in [5.41, 5.74) is 11.9. The minimum atomic E-state index is 0.661. The number of aromatic nitrogens is 2. The van der Waals surface area contributed by atoms with Crippen molar-refractivity contribution in [3.8, 4) is 5.69 Å². The molecule has 0 amide bonds. The summed E-state index contributed by atoms with van der Waals surface area (Å²) >= 11 is 0. The first kappa shape index (κ1) is 12.4. The Morgan fingerprint density at radius 3 is 2.42 bits per heavy atom. The first-order valence-electron chi connectivity index (χ1n) is 7.05. The Balaban J connectivity index is 2.06. The van der Waals surface area contributed by atoms with Crippen molar-refractivity contribution in [1.29, 1.82) is 0 Å². The molecule has 1 aromatic carbocycles. The van der Waals surface area contributed by atoms with E-state index in [-0.39, 0.29) is 0 Å². The smallest absolute Gasteiger partial charge is 0.0654 e. The van der Waals surface area contributed by atoms with Crippen LogP contribution in [0.3, 0.4) is 0 Å². The van der Waals surface area contributed by atoms with Gasteiger partial charge in [-0.3, -0.25) is 0 Å². The van der Waals surface area contributed by atoms with Crippen molar-refractivity contribution in [1.82, 2.24) is 9.78 Å². The molecule has 1 fully saturated rings. The van der Waals surface area contributed by atoms with Gasteiger partial charge in [-0.05, 0) is 62.6 Å². The fourth-order valence-corrected chi connectivity index (χ4v) is 2.67. The van der Waals surface area contributed by atoms with E-state index in [0.29, 0.717) is 12.5 Å². The number of nitrogens with two attached hydrogens (primary N) is 1. The maximum Gasteiger partial charge on any atom is 0.0654 e. The average Bonchev–Trinajstić information content (AvgIpc) is 3.10. The van der Waals surface area contributed by atoms with Gasteiger partial charge in [0, 0.05) is 18.0 Å². The lowest BCUT2D eigenvalue weighted by atomic mass is 10.1. The maximum atomic E-state index is 5.65. The second-order valence-electron chi connectivity index (χ2n) is 5.63. The summed E-state index contributed by atoms with van der Waals surface area (Å²) < 4.78 is 2.13. The second kappa shape index (κ2) is 4.82. The van der Waals surface area contributed by atoms with Gasteiger partial charge in [-0.1, -0.05) is 6.07 Å². The molecule has 19 heavy (non-hydrogen) atoms. The standard InChI is InChI=1S/C16H21N3/c1-11-7-12(2)9-15(8-11)19-16(13-3-4-13)10-14(18-19)5-6-17/h7-10,13H,3-6,17H2,1-2H3. The molecule has 1 aliphatic carbocycles. The molecule has 1 saturated carbocycles. The first-order chi connectivity index (χ1) is 9.17. The molecule has 3 nitrogen and oxygen atoms in total. The van der Waals surface area contributed by atoms with Crippen LogP contribution in [-0.4, -0.2) is 16.3 Å². The highest BCUT2D eigenvalue weighted by Crippen LogP contribution is 2.41. The Kier molecular flexibility index (Phi) is 3.15. The SMILES string of the molecule is Cc1cc(C)cc(-n2nc(CCN)cc2C2CC2)c1. The van der Waals surface area contributed by atoms with E-state index in [9.17, 15) is 0 Å². The van der Waals surface area contributed by atoms with Gasteiger partial charge in [0.25, 0.3) is 0 Å². The topological polar surface area (TPSA) is 43.8 Å². The predicted octanol–water partition coefficient (Wildman–Crippen LogP) is 2.87. The van der Waals surface area contributed by atoms with Gasteiger partial charge in [0.15, 0.2) is 0 Å². The van der Waals surface area contributed by atoms with Crippen LogP contribution >= 0.6 is 0 Å². The van der Waals surface area contributed by atoms with E-state index < -0.39 is 0 Å². The number of benzene rings is 1. The summed E-state index contributed by atoms with van der Waals surface area (Å²) in [7, 11) is 0. The Hall–Kier alpha value is -1.61. The van der Waals surface area contributed by atoms with Crippen LogP contribution in [0.4, 0.5) is 0 Å². The van der Waals surface area contributed by atoms with Crippen molar-refractivity contribution in [2.75, 3.05) is 6.54 Å². The second-order valence-corrected chi connectivity index (χ2v) is 5.63. The Morgan fingerprint density at radius 2 is 1.84 bits per heavy atom. The third kappa shape index (κ3) is 2.56. The molecule has 2 N–H and O–H groups in total. The molecule has 0 saturated heterocycles. The van der Waals surface area contributed by atoms with E-state index in [4.69, 9.17) is 10.8 Å². The van der Waals surface area contributed by atoms with Gasteiger partial charge >= 0.3 is 0 Å². The van der Waals surface area contributed by atoms with E-state index in [2.05, 4.69) is 42.8 Å². The highest BCUT2D eigenvalue weighted by molar-refractivity contribution is 5.41. The number of hydrogen-bond acceptors (Lipinski definition) is 2. The minimum absolute atomic E-state index is 0.661. The van der Waals surface area contributed by atoms with E-state index in [0.717, 1.165) is 12.1 Å². The lowest BCUT2D eigenvalue weighted by Crippen LogP contribution is -2.05. The van der Waals surface area contributed by atoms with Crippen LogP contribution in [0, 0.1) is 13.8 Å². The normalized spacial score (nSPS) is 14.9. The van der Waals surface area contributed by atoms with Crippen LogP contribution in [0.15, 0.2) is 24.3 Å². The molecule has 0 unspecified atom stereocenters. The van der Waals surface area contributed by atoms with E-state index in [1.807, 2.05) is 0 Å². The average molecular weight is 255 g/mol. The molecular weight excluding hydrogens is 234 g/mol. The summed E-state index contributed by atoms with van der Waals surface area (Å²) in [5.74, 6) is 0.694. The summed E-state index contributed by atoms with van der Waals surface area (Å²) in [6, 6.07) is 8.85. The molecule has 0 atom stereocenters. The largest absolute Gasteiger partial charge is 0.330 e. The zero-order valence-electron chi connectivity index (χ0n) is 11.7. The van der Waals surface area contributed by atoms with E-state index >= 15 is 0 Å². The monoisotopic (exact) mass is 255 g/mol. The lowest BCUT2D eigenvalue weighted by Gasteiger charge is -2.09. The van der Waals surface area contributed by atoms with Crippen molar-refractivity contribution >= 4 is 0 Å². The van der Waals surface area contributed by atoms with Gasteiger partial charge < -0.3 is 5.73 Å². The van der Waals surface area contributed by atoms with Gasteiger partial charge in [-0.15, -0.1) is 0 Å². The van der Waals surface area contributed by atoms with Crippen molar-refractivity contribution in [2.45, 2.75) is 39.0 Å². The van der Waals surface area contributed by atoms with Crippen LogP contribution in [0.2, 0.25) is 0 Å². The third-order valence-electron chi connectivity index (χ3n) is 3.63. The Labute approximate surface area is 114 Å². The number of rotatable bonds is 4. The van der Waals surface area contributed by atoms with E-state index in [1.165, 1.54) is 35.3 Å². The molecule has 0 radical (unpaired) electrons. The Bertz CT molecular complexity index is 574. The minimum Gasteiger partial charge on any atom is -0.330 e. The molecule has 0 aliphatic heterocycles. The first-order valence-corrected chi connectivity index (χ1v) is 7.05. The molecule has 1 heterocycles. The number of aryl methyl sites for hydroxylation is 2. The highest BCUT2D eigenvalue weighted by atomic mass is 15.3. The van der Waals surface area contributed by atoms with Crippen LogP contribution in [0.25, 0.3) is 5.69 Å². The van der Waals surface area contributed by atoms with Crippen molar-refractivity contribution in [3.63, 3.8) is 0 Å². The Morgan fingerprint density at radius 1 is 1.16 bits per heavy atom. The van der Waals surface area contributed by atoms with Crippen LogP contribution in [-0.2, 0) is 6.42 Å². The number of nitrogens with zero attached hydrogens (tertiary/aromatic N) is 2. The molecule has 3 rings (SSSR count). The van der Waals surface area contributed by atoms with Gasteiger partial charge in [-0.25, -0.2) is 4.68 Å². The van der Waals surface area contributed by atoms with Crippen LogP contribution in [0.1, 0.15) is 41.3 Å². The fraction of sp³-hybridized carbons (Fsp3) is 0.438. The third-order valence-corrected chi connectivity index (χ3v) is 3.63. The summed E-state index contributed by atoms with van der Waals surface area (Å²) in [6.07, 6.45) is 3.44. The van der Waals surface area contributed by atoms with Crippen molar-refractivity contribution < 1.29 is 0 Å². The van der Waals surface area contributed by atoms with Gasteiger partial charge in [-0.2, -0.15) is 5.10 Å². The molecule has 2 aromatic rings. The maximum absolute atomic E-state index is 5.65. The van der Waals surface area contributed by atoms with E-state index in [1.54, 1.807) is 0 Å². The lowest BCUT2D eigenvalue weighted by molar-refractivity contribution is 0.780. The van der Waals surface area contributed by atoms with Gasteiger partial charge in [0.05, 0.1) is 11.4 Å². The molecule has 0 bridgehead atoms. The van der Waals surface area contributed by atoms with Crippen molar-refractivity contribution in [2.24, 2.45) is 5.73 Å². The molecule has 0 spiro atoms. The zero-order chi connectivity index (χ0) is 13.4. The summed E-state index contributed by atoms with van der Waals surface area (Å²) in [4.78, 5) is 0. The molecule has 100 valence electrons. The zero-order valence-corrected chi connectivity index (χ0v) is 11.7. The van der Waals surface area contributed by atoms with Gasteiger partial charge in [0.1, 0.15) is 0 Å². The highest BCUT2D eigenvalue weighted by Gasteiger charge is 2.28. The summed E-state index contributed by atoms with van der Waals surface area (Å²) in [5, 5.41) is 4.75.